The number of nitro groups is 1. The highest BCUT2D eigenvalue weighted by Gasteiger charge is 2.30. The van der Waals surface area contributed by atoms with Gasteiger partial charge in [-0.3, -0.25) is 10.1 Å². The minimum Gasteiger partial charge on any atom is -0.347 e. The molecule has 3 rings (SSSR count). The lowest BCUT2D eigenvalue weighted by Gasteiger charge is -2.28. The molecule has 1 fully saturated rings. The van der Waals surface area contributed by atoms with E-state index in [1.165, 1.54) is 11.6 Å². The van der Waals surface area contributed by atoms with Gasteiger partial charge in [-0.2, -0.15) is 0 Å². The van der Waals surface area contributed by atoms with Crippen LogP contribution in [0.15, 0.2) is 53.5 Å². The number of non-ortho nitro benzene ring substituents is 1. The maximum Gasteiger partial charge on any atom is 0.269 e. The van der Waals surface area contributed by atoms with Crippen LogP contribution in [0.5, 0.6) is 0 Å². The summed E-state index contributed by atoms with van der Waals surface area (Å²) in [5.74, 6) is 1.54. The molecule has 27 heavy (non-hydrogen) atoms. The Labute approximate surface area is 164 Å². The van der Waals surface area contributed by atoms with Crippen LogP contribution in [0.4, 0.5) is 11.4 Å². The third-order valence-electron chi connectivity index (χ3n) is 4.57. The predicted molar refractivity (Wildman–Crippen MR) is 113 cm³/mol. The molecule has 1 unspecified atom stereocenters. The zero-order chi connectivity index (χ0) is 19.4. The summed E-state index contributed by atoms with van der Waals surface area (Å²) in [6.45, 7) is 7.27. The molecular formula is C21H25N3O2S. The van der Waals surface area contributed by atoms with Gasteiger partial charge in [0.15, 0.2) is 5.17 Å². The fourth-order valence-electron chi connectivity index (χ4n) is 3.25. The monoisotopic (exact) mass is 383 g/mol. The zero-order valence-electron chi connectivity index (χ0n) is 16.0. The van der Waals surface area contributed by atoms with Crippen LogP contribution in [-0.2, 0) is 6.42 Å². The molecule has 2 aromatic rings. The van der Waals surface area contributed by atoms with E-state index in [1.807, 2.05) is 13.0 Å². The van der Waals surface area contributed by atoms with Gasteiger partial charge in [0, 0.05) is 30.5 Å². The van der Waals surface area contributed by atoms with Crippen LogP contribution in [0.1, 0.15) is 25.0 Å². The van der Waals surface area contributed by atoms with Crippen molar-refractivity contribution in [1.82, 2.24) is 4.90 Å². The lowest BCUT2D eigenvalue weighted by Crippen LogP contribution is -2.38. The smallest absolute Gasteiger partial charge is 0.269 e. The van der Waals surface area contributed by atoms with Gasteiger partial charge >= 0.3 is 0 Å². The largest absolute Gasteiger partial charge is 0.347 e. The van der Waals surface area contributed by atoms with E-state index >= 15 is 0 Å². The Morgan fingerprint density at radius 2 is 2.00 bits per heavy atom. The minimum atomic E-state index is -0.366. The molecule has 0 saturated carbocycles. The van der Waals surface area contributed by atoms with E-state index in [0.29, 0.717) is 12.0 Å². The number of nitrogens with zero attached hydrogens (tertiary/aromatic N) is 3. The molecule has 5 nitrogen and oxygen atoms in total. The molecule has 6 heteroatoms. The van der Waals surface area contributed by atoms with Gasteiger partial charge < -0.3 is 4.90 Å². The summed E-state index contributed by atoms with van der Waals surface area (Å²) < 4.78 is 0. The van der Waals surface area contributed by atoms with E-state index in [0.717, 1.165) is 35.1 Å². The summed E-state index contributed by atoms with van der Waals surface area (Å²) in [6.07, 6.45) is 0.999. The molecule has 1 saturated heterocycles. The Kier molecular flexibility index (Phi) is 6.16. The molecule has 2 aromatic carbocycles. The number of hydrogen-bond acceptors (Lipinski definition) is 4. The van der Waals surface area contributed by atoms with Crippen LogP contribution in [0.25, 0.3) is 0 Å². The van der Waals surface area contributed by atoms with Gasteiger partial charge in [0.2, 0.25) is 0 Å². The second-order valence-corrected chi connectivity index (χ2v) is 8.31. The van der Waals surface area contributed by atoms with Crippen LogP contribution >= 0.6 is 11.8 Å². The summed E-state index contributed by atoms with van der Waals surface area (Å²) in [5, 5.41) is 12.0. The maximum atomic E-state index is 11.0. The third-order valence-corrected chi connectivity index (χ3v) is 5.71. The van der Waals surface area contributed by atoms with E-state index in [4.69, 9.17) is 4.99 Å². The summed E-state index contributed by atoms with van der Waals surface area (Å²) in [7, 11) is 0. The number of thioether (sulfide) groups is 1. The molecule has 142 valence electrons. The fraction of sp³-hybridized carbons (Fsp3) is 0.381. The molecule has 1 heterocycles. The van der Waals surface area contributed by atoms with Gasteiger partial charge in [-0.1, -0.05) is 55.9 Å². The van der Waals surface area contributed by atoms with Crippen LogP contribution in [-0.4, -0.2) is 33.3 Å². The second kappa shape index (κ2) is 8.57. The number of nitro benzene ring substituents is 1. The van der Waals surface area contributed by atoms with Gasteiger partial charge in [-0.05, 0) is 36.5 Å². The Bertz CT molecular complexity index is 837. The van der Waals surface area contributed by atoms with Gasteiger partial charge in [-0.25, -0.2) is 4.99 Å². The van der Waals surface area contributed by atoms with Crippen molar-refractivity contribution >= 4 is 28.3 Å². The van der Waals surface area contributed by atoms with Crippen molar-refractivity contribution in [2.45, 2.75) is 33.2 Å². The minimum absolute atomic E-state index is 0.108. The maximum absolute atomic E-state index is 11.0. The van der Waals surface area contributed by atoms with E-state index in [-0.39, 0.29) is 10.6 Å². The summed E-state index contributed by atoms with van der Waals surface area (Å²) in [6, 6.07) is 15.8. The SMILES string of the molecule is Cc1cc([N+](=O)[O-])ccc1N=C1SCC(Cc2ccccc2)N1CC(C)C. The summed E-state index contributed by atoms with van der Waals surface area (Å²) in [4.78, 5) is 17.9. The van der Waals surface area contributed by atoms with Crippen molar-refractivity contribution in [3.05, 3.63) is 69.8 Å². The Balaban J connectivity index is 1.85. The van der Waals surface area contributed by atoms with Gasteiger partial charge in [-0.15, -0.1) is 0 Å². The molecule has 1 aliphatic rings. The highest BCUT2D eigenvalue weighted by molar-refractivity contribution is 8.14. The fourth-order valence-corrected chi connectivity index (χ4v) is 4.45. The molecular weight excluding hydrogens is 358 g/mol. The first kappa shape index (κ1) is 19.4. The van der Waals surface area contributed by atoms with Gasteiger partial charge in [0.25, 0.3) is 5.69 Å². The molecule has 0 spiro atoms. The molecule has 0 radical (unpaired) electrons. The molecule has 1 aliphatic heterocycles. The predicted octanol–water partition coefficient (Wildman–Crippen LogP) is 5.21. The lowest BCUT2D eigenvalue weighted by atomic mass is 10.1. The highest BCUT2D eigenvalue weighted by Crippen LogP contribution is 2.32. The molecule has 1 atom stereocenters. The molecule has 0 N–H and O–H groups in total. The number of amidine groups is 1. The van der Waals surface area contributed by atoms with Crippen LogP contribution in [0.3, 0.4) is 0 Å². The summed E-state index contributed by atoms with van der Waals surface area (Å²) >= 11 is 1.78. The van der Waals surface area contributed by atoms with Crippen molar-refractivity contribution in [1.29, 1.82) is 0 Å². The van der Waals surface area contributed by atoms with E-state index in [2.05, 4.69) is 43.0 Å². The molecule has 0 bridgehead atoms. The number of hydrogen-bond donors (Lipinski definition) is 0. The zero-order valence-corrected chi connectivity index (χ0v) is 16.8. The Morgan fingerprint density at radius 3 is 2.63 bits per heavy atom. The number of rotatable bonds is 6. The van der Waals surface area contributed by atoms with Crippen molar-refractivity contribution in [2.24, 2.45) is 10.9 Å². The van der Waals surface area contributed by atoms with E-state index in [9.17, 15) is 10.1 Å². The Hall–Kier alpha value is -2.34. The van der Waals surface area contributed by atoms with Crippen molar-refractivity contribution in [3.8, 4) is 0 Å². The average Bonchev–Trinajstić information content (AvgIpc) is 2.98. The molecule has 0 aliphatic carbocycles. The van der Waals surface area contributed by atoms with Crippen molar-refractivity contribution in [2.75, 3.05) is 12.3 Å². The quantitative estimate of drug-likeness (QED) is 0.508. The molecule has 0 aromatic heterocycles. The lowest BCUT2D eigenvalue weighted by molar-refractivity contribution is -0.384. The first-order chi connectivity index (χ1) is 12.9. The third kappa shape index (κ3) is 4.89. The normalized spacial score (nSPS) is 18.4. The van der Waals surface area contributed by atoms with Gasteiger partial charge in [0.05, 0.1) is 10.6 Å². The van der Waals surface area contributed by atoms with Crippen molar-refractivity contribution in [3.63, 3.8) is 0 Å². The first-order valence-corrected chi connectivity index (χ1v) is 10.2. The second-order valence-electron chi connectivity index (χ2n) is 7.32. The average molecular weight is 384 g/mol. The van der Waals surface area contributed by atoms with Gasteiger partial charge in [0.1, 0.15) is 0 Å². The van der Waals surface area contributed by atoms with E-state index < -0.39 is 0 Å². The number of aryl methyl sites for hydroxylation is 1. The standard InChI is InChI=1S/C21H25N3O2S/c1-15(2)13-23-19(12-17-7-5-4-6-8-17)14-27-21(23)22-20-10-9-18(24(25)26)11-16(20)3/h4-11,15,19H,12-14H2,1-3H3. The summed E-state index contributed by atoms with van der Waals surface area (Å²) in [5.41, 5.74) is 3.08. The highest BCUT2D eigenvalue weighted by atomic mass is 32.2. The Morgan fingerprint density at radius 1 is 1.26 bits per heavy atom. The van der Waals surface area contributed by atoms with E-state index in [1.54, 1.807) is 23.9 Å². The topological polar surface area (TPSA) is 58.7 Å². The molecule has 0 amide bonds. The van der Waals surface area contributed by atoms with Crippen LogP contribution in [0, 0.1) is 23.0 Å². The first-order valence-electron chi connectivity index (χ1n) is 9.21. The number of benzene rings is 2. The van der Waals surface area contributed by atoms with Crippen LogP contribution < -0.4 is 0 Å². The van der Waals surface area contributed by atoms with Crippen molar-refractivity contribution < 1.29 is 4.92 Å². The number of aliphatic imine (C=N–C) groups is 1. The van der Waals surface area contributed by atoms with Crippen LogP contribution in [0.2, 0.25) is 0 Å².